The number of halogens is 1. The molecular formula is C23H24ClN3O2S. The number of hydrogen-bond donors (Lipinski definition) is 1. The molecule has 1 aliphatic heterocycles. The molecule has 0 saturated heterocycles. The van der Waals surface area contributed by atoms with Crippen LogP contribution < -0.4 is 5.32 Å². The summed E-state index contributed by atoms with van der Waals surface area (Å²) < 4.78 is 2.01. The molecule has 1 saturated carbocycles. The van der Waals surface area contributed by atoms with Crippen molar-refractivity contribution in [2.24, 2.45) is 0 Å². The van der Waals surface area contributed by atoms with Gasteiger partial charge in [-0.15, -0.1) is 11.3 Å². The van der Waals surface area contributed by atoms with Gasteiger partial charge in [-0.3, -0.25) is 9.59 Å². The molecule has 2 aliphatic rings. The van der Waals surface area contributed by atoms with Gasteiger partial charge in [0.15, 0.2) is 0 Å². The van der Waals surface area contributed by atoms with Crippen molar-refractivity contribution in [1.82, 2.24) is 14.8 Å². The van der Waals surface area contributed by atoms with E-state index in [4.69, 9.17) is 11.6 Å². The lowest BCUT2D eigenvalue weighted by atomic mass is 9.93. The monoisotopic (exact) mass is 441 g/mol. The Morgan fingerprint density at radius 1 is 1.27 bits per heavy atom. The van der Waals surface area contributed by atoms with Crippen molar-refractivity contribution < 1.29 is 9.59 Å². The fourth-order valence-corrected chi connectivity index (χ4v) is 5.81. The Balaban J connectivity index is 1.57. The molecule has 0 unspecified atom stereocenters. The van der Waals surface area contributed by atoms with Crippen molar-refractivity contribution in [2.45, 2.75) is 57.3 Å². The summed E-state index contributed by atoms with van der Waals surface area (Å²) in [4.78, 5) is 30.0. The minimum Gasteiger partial charge on any atom is -0.351 e. The molecule has 1 aromatic carbocycles. The molecule has 2 aromatic heterocycles. The van der Waals surface area contributed by atoms with E-state index in [-0.39, 0.29) is 17.9 Å². The predicted octanol–water partition coefficient (Wildman–Crippen LogP) is 4.83. The van der Waals surface area contributed by atoms with Crippen LogP contribution in [0.25, 0.3) is 10.2 Å². The van der Waals surface area contributed by atoms with Crippen LogP contribution in [0.4, 0.5) is 0 Å². The van der Waals surface area contributed by atoms with Gasteiger partial charge in [0.1, 0.15) is 16.1 Å². The highest BCUT2D eigenvalue weighted by molar-refractivity contribution is 7.16. The number of amides is 2. The van der Waals surface area contributed by atoms with E-state index in [1.54, 1.807) is 16.2 Å². The molecule has 0 radical (unpaired) electrons. The fraction of sp³-hybridized carbons (Fsp3) is 0.391. The molecule has 1 N–H and O–H groups in total. The van der Waals surface area contributed by atoms with Crippen LogP contribution in [0.2, 0.25) is 5.02 Å². The molecular weight excluding hydrogens is 418 g/mol. The van der Waals surface area contributed by atoms with Gasteiger partial charge in [-0.25, -0.2) is 0 Å². The first-order valence-corrected chi connectivity index (χ1v) is 11.7. The van der Waals surface area contributed by atoms with Crippen molar-refractivity contribution in [3.8, 4) is 0 Å². The summed E-state index contributed by atoms with van der Waals surface area (Å²) in [6.45, 7) is 2.61. The van der Waals surface area contributed by atoms with Crippen molar-refractivity contribution in [1.29, 1.82) is 0 Å². The zero-order valence-corrected chi connectivity index (χ0v) is 18.4. The largest absolute Gasteiger partial charge is 0.351 e. The smallest absolute Gasteiger partial charge is 0.271 e. The summed E-state index contributed by atoms with van der Waals surface area (Å²) in [7, 11) is 0. The number of aromatic nitrogens is 1. The predicted molar refractivity (Wildman–Crippen MR) is 120 cm³/mol. The number of fused-ring (bicyclic) bond motifs is 3. The van der Waals surface area contributed by atoms with E-state index in [9.17, 15) is 9.59 Å². The van der Waals surface area contributed by atoms with Crippen molar-refractivity contribution in [3.05, 3.63) is 58.1 Å². The van der Waals surface area contributed by atoms with E-state index in [0.29, 0.717) is 23.8 Å². The molecule has 5 nitrogen and oxygen atoms in total. The normalized spacial score (nSPS) is 21.9. The third-order valence-electron chi connectivity index (χ3n) is 6.49. The maximum Gasteiger partial charge on any atom is 0.271 e. The van der Waals surface area contributed by atoms with Crippen LogP contribution in [0.1, 0.15) is 48.7 Å². The Morgan fingerprint density at radius 2 is 2.03 bits per heavy atom. The summed E-state index contributed by atoms with van der Waals surface area (Å²) in [5, 5.41) is 6.90. The lowest BCUT2D eigenvalue weighted by molar-refractivity contribution is -0.133. The molecule has 5 rings (SSSR count). The molecule has 1 aliphatic carbocycles. The molecule has 0 bridgehead atoms. The number of hydrogen-bond acceptors (Lipinski definition) is 3. The molecule has 1 atom stereocenters. The third kappa shape index (κ3) is 3.13. The van der Waals surface area contributed by atoms with Crippen LogP contribution in [-0.4, -0.2) is 32.9 Å². The van der Waals surface area contributed by atoms with E-state index in [1.807, 2.05) is 53.3 Å². The first kappa shape index (κ1) is 19.6. The van der Waals surface area contributed by atoms with E-state index < -0.39 is 5.54 Å². The average molecular weight is 442 g/mol. The van der Waals surface area contributed by atoms with Crippen LogP contribution in [-0.2, 0) is 17.9 Å². The van der Waals surface area contributed by atoms with Gasteiger partial charge in [-0.05, 0) is 48.9 Å². The second-order valence-corrected chi connectivity index (χ2v) is 9.81. The number of nitrogens with one attached hydrogen (secondary N) is 1. The van der Waals surface area contributed by atoms with Gasteiger partial charge in [0.05, 0.1) is 6.54 Å². The van der Waals surface area contributed by atoms with Gasteiger partial charge in [-0.1, -0.05) is 42.6 Å². The average Bonchev–Trinajstić information content (AvgIpc) is 3.45. The molecule has 7 heteroatoms. The van der Waals surface area contributed by atoms with Crippen molar-refractivity contribution in [3.63, 3.8) is 0 Å². The van der Waals surface area contributed by atoms with Crippen LogP contribution in [0, 0.1) is 0 Å². The first-order valence-electron chi connectivity index (χ1n) is 10.4. The number of carbonyl (C=O) groups is 2. The molecule has 2 amide bonds. The summed E-state index contributed by atoms with van der Waals surface area (Å²) in [6, 6.07) is 11.7. The highest BCUT2D eigenvalue weighted by atomic mass is 35.5. The van der Waals surface area contributed by atoms with Gasteiger partial charge in [0, 0.05) is 23.0 Å². The highest BCUT2D eigenvalue weighted by Gasteiger charge is 2.48. The molecule has 156 valence electrons. The van der Waals surface area contributed by atoms with Crippen LogP contribution in [0.15, 0.2) is 41.8 Å². The van der Waals surface area contributed by atoms with Gasteiger partial charge >= 0.3 is 0 Å². The molecule has 1 fully saturated rings. The summed E-state index contributed by atoms with van der Waals surface area (Å²) in [5.74, 6) is -0.215. The zero-order chi connectivity index (χ0) is 20.9. The van der Waals surface area contributed by atoms with Crippen LogP contribution in [0.3, 0.4) is 0 Å². The van der Waals surface area contributed by atoms with E-state index in [2.05, 4.69) is 5.32 Å². The number of thiophene rings is 1. The van der Waals surface area contributed by atoms with Crippen LogP contribution in [0.5, 0.6) is 0 Å². The summed E-state index contributed by atoms with van der Waals surface area (Å²) >= 11 is 8.01. The Morgan fingerprint density at radius 3 is 2.80 bits per heavy atom. The molecule has 3 aromatic rings. The van der Waals surface area contributed by atoms with E-state index in [0.717, 1.165) is 41.5 Å². The lowest BCUT2D eigenvalue weighted by Crippen LogP contribution is -2.64. The molecule has 3 heterocycles. The number of rotatable bonds is 4. The Bertz CT molecular complexity index is 1130. The zero-order valence-electron chi connectivity index (χ0n) is 16.9. The lowest BCUT2D eigenvalue weighted by Gasteiger charge is -2.44. The fourth-order valence-electron chi connectivity index (χ4n) is 4.71. The number of nitrogens with zero attached hydrogens (tertiary/aromatic N) is 2. The standard InChI is InChI=1S/C23H24ClN3O2S/c1-23(22(29)25-17-7-3-4-8-17)14-26-19(12-15-10-11-30-21(15)26)20(28)27(23)13-16-6-2-5-9-18(16)24/h2,5-6,9-12,17H,3-4,7-8,13-14H2,1H3,(H,25,29)/t23-/m0/s1. The van der Waals surface area contributed by atoms with Crippen molar-refractivity contribution in [2.75, 3.05) is 0 Å². The second-order valence-electron chi connectivity index (χ2n) is 8.51. The summed E-state index contributed by atoms with van der Waals surface area (Å²) in [6.07, 6.45) is 4.29. The SMILES string of the molecule is C[C@@]1(C(=O)NC2CCCC2)Cn2c(cc3ccsc32)C(=O)N1Cc1ccccc1Cl. The molecule has 30 heavy (non-hydrogen) atoms. The Hall–Kier alpha value is -2.31. The van der Waals surface area contributed by atoms with Crippen LogP contribution >= 0.6 is 22.9 Å². The third-order valence-corrected chi connectivity index (χ3v) is 7.81. The topological polar surface area (TPSA) is 54.3 Å². The molecule has 0 spiro atoms. The Kier molecular flexibility index (Phi) is 4.86. The van der Waals surface area contributed by atoms with Crippen molar-refractivity contribution >= 4 is 45.0 Å². The summed E-state index contributed by atoms with van der Waals surface area (Å²) in [5.41, 5.74) is 0.478. The first-order chi connectivity index (χ1) is 14.5. The highest BCUT2D eigenvalue weighted by Crippen LogP contribution is 2.36. The maximum atomic E-state index is 13.6. The quantitative estimate of drug-likeness (QED) is 0.630. The second kappa shape index (κ2) is 7.43. The van der Waals surface area contributed by atoms with Gasteiger partial charge in [0.25, 0.3) is 5.91 Å². The number of benzene rings is 1. The minimum absolute atomic E-state index is 0.0844. The maximum absolute atomic E-state index is 13.6. The minimum atomic E-state index is -0.998. The van der Waals surface area contributed by atoms with E-state index >= 15 is 0 Å². The van der Waals surface area contributed by atoms with Gasteiger partial charge < -0.3 is 14.8 Å². The van der Waals surface area contributed by atoms with E-state index in [1.165, 1.54) is 0 Å². The Labute approximate surface area is 184 Å². The number of carbonyl (C=O) groups excluding carboxylic acids is 2. The van der Waals surface area contributed by atoms with Gasteiger partial charge in [-0.2, -0.15) is 0 Å². The van der Waals surface area contributed by atoms with Gasteiger partial charge in [0.2, 0.25) is 5.91 Å².